The zero-order valence-corrected chi connectivity index (χ0v) is 18.0. The maximum atomic E-state index is 14.8. The number of halogens is 2. The van der Waals surface area contributed by atoms with Gasteiger partial charge in [-0.15, -0.1) is 0 Å². The summed E-state index contributed by atoms with van der Waals surface area (Å²) in [5.41, 5.74) is 8.85. The van der Waals surface area contributed by atoms with Gasteiger partial charge in [-0.05, 0) is 53.4 Å². The van der Waals surface area contributed by atoms with E-state index >= 15 is 0 Å². The summed E-state index contributed by atoms with van der Waals surface area (Å²) in [5, 5.41) is 6.12. The fraction of sp³-hybridized carbons (Fsp3) is 0.208. The smallest absolute Gasteiger partial charge is 0.254 e. The Labute approximate surface area is 190 Å². The maximum Gasteiger partial charge on any atom is 0.254 e. The number of aromatic nitrogens is 1. The Kier molecular flexibility index (Phi) is 6.37. The number of hydrogen-bond acceptors (Lipinski definition) is 4. The zero-order valence-electron chi connectivity index (χ0n) is 17.2. The molecule has 1 unspecified atom stereocenters. The fourth-order valence-corrected chi connectivity index (χ4v) is 3.97. The highest BCUT2D eigenvalue weighted by Gasteiger charge is 2.21. The van der Waals surface area contributed by atoms with Crippen LogP contribution >= 0.6 is 11.6 Å². The molecule has 1 fully saturated rings. The van der Waals surface area contributed by atoms with Crippen molar-refractivity contribution in [2.75, 3.05) is 12.3 Å². The number of carbonyl (C=O) groups is 2. The highest BCUT2D eigenvalue weighted by atomic mass is 35.5. The first-order valence-corrected chi connectivity index (χ1v) is 10.6. The summed E-state index contributed by atoms with van der Waals surface area (Å²) in [7, 11) is 0. The van der Waals surface area contributed by atoms with Crippen molar-refractivity contribution >= 4 is 29.2 Å². The van der Waals surface area contributed by atoms with Crippen LogP contribution in [0.4, 0.5) is 10.2 Å². The van der Waals surface area contributed by atoms with Gasteiger partial charge in [0.2, 0.25) is 5.91 Å². The van der Waals surface area contributed by atoms with Gasteiger partial charge in [0.25, 0.3) is 5.91 Å². The summed E-state index contributed by atoms with van der Waals surface area (Å²) in [6.07, 6.45) is 2.87. The predicted octanol–water partition coefficient (Wildman–Crippen LogP) is 4.05. The van der Waals surface area contributed by atoms with Crippen molar-refractivity contribution in [2.45, 2.75) is 25.3 Å². The normalized spacial score (nSPS) is 15.8. The molecule has 3 aromatic rings. The number of anilines is 1. The number of rotatable bonds is 5. The quantitative estimate of drug-likeness (QED) is 0.544. The monoisotopic (exact) mass is 452 g/mol. The molecule has 0 radical (unpaired) electrons. The highest BCUT2D eigenvalue weighted by molar-refractivity contribution is 6.30. The Hall–Kier alpha value is -3.45. The summed E-state index contributed by atoms with van der Waals surface area (Å²) < 4.78 is 14.8. The van der Waals surface area contributed by atoms with Gasteiger partial charge in [0.15, 0.2) is 0 Å². The summed E-state index contributed by atoms with van der Waals surface area (Å²) in [6, 6.07) is 13.3. The van der Waals surface area contributed by atoms with E-state index < -0.39 is 11.7 Å². The standard InChI is InChI=1S/C24H22ClFN4O2/c25-18-3-1-2-14(8-18)11-30-24(32)19-6-4-15(10-21(19)26)20-9-17(13-29-23(20)27)16-5-7-22(31)28-12-16/h1-4,6,8-10,13,16H,5,7,11-12H2,(H2,27,29)(H,28,31)(H,30,32). The van der Waals surface area contributed by atoms with Crippen LogP contribution in [0, 0.1) is 5.82 Å². The second-order valence-corrected chi connectivity index (χ2v) is 8.18. The lowest BCUT2D eigenvalue weighted by molar-refractivity contribution is -0.122. The summed E-state index contributed by atoms with van der Waals surface area (Å²) in [6.45, 7) is 0.765. The zero-order chi connectivity index (χ0) is 22.7. The lowest BCUT2D eigenvalue weighted by Crippen LogP contribution is -2.33. The van der Waals surface area contributed by atoms with Crippen LogP contribution in [-0.2, 0) is 11.3 Å². The van der Waals surface area contributed by atoms with Crippen molar-refractivity contribution in [3.63, 3.8) is 0 Å². The molecular weight excluding hydrogens is 431 g/mol. The van der Waals surface area contributed by atoms with E-state index in [1.807, 2.05) is 12.1 Å². The molecule has 0 spiro atoms. The lowest BCUT2D eigenvalue weighted by atomic mass is 9.90. The number of pyridine rings is 1. The van der Waals surface area contributed by atoms with Crippen molar-refractivity contribution in [1.29, 1.82) is 0 Å². The molecule has 4 rings (SSSR count). The molecule has 1 aliphatic rings. The van der Waals surface area contributed by atoms with E-state index in [9.17, 15) is 14.0 Å². The SMILES string of the molecule is Nc1ncc(C2CCC(=O)NC2)cc1-c1ccc(C(=O)NCc2cccc(Cl)c2)c(F)c1. The minimum absolute atomic E-state index is 0.0381. The molecule has 2 heterocycles. The van der Waals surface area contributed by atoms with Crippen LogP contribution in [0.2, 0.25) is 5.02 Å². The molecule has 2 amide bonds. The number of piperidine rings is 1. The lowest BCUT2D eigenvalue weighted by Gasteiger charge is -2.23. The first-order valence-electron chi connectivity index (χ1n) is 10.3. The van der Waals surface area contributed by atoms with E-state index in [-0.39, 0.29) is 29.8 Å². The van der Waals surface area contributed by atoms with Crippen molar-refractivity contribution < 1.29 is 14.0 Å². The van der Waals surface area contributed by atoms with E-state index in [4.69, 9.17) is 17.3 Å². The van der Waals surface area contributed by atoms with E-state index in [0.717, 1.165) is 17.5 Å². The molecule has 32 heavy (non-hydrogen) atoms. The Morgan fingerprint density at radius 1 is 1.25 bits per heavy atom. The summed E-state index contributed by atoms with van der Waals surface area (Å²) in [5.74, 6) is -0.740. The number of nitrogens with zero attached hydrogens (tertiary/aromatic N) is 1. The third-order valence-corrected chi connectivity index (χ3v) is 5.78. The molecular formula is C24H22ClFN4O2. The molecule has 0 saturated carbocycles. The van der Waals surface area contributed by atoms with Crippen molar-refractivity contribution in [3.8, 4) is 11.1 Å². The molecule has 6 nitrogen and oxygen atoms in total. The molecule has 0 bridgehead atoms. The number of amides is 2. The van der Waals surface area contributed by atoms with Crippen molar-refractivity contribution in [1.82, 2.24) is 15.6 Å². The fourth-order valence-electron chi connectivity index (χ4n) is 3.75. The Bertz CT molecular complexity index is 1170. The molecule has 2 aromatic carbocycles. The van der Waals surface area contributed by atoms with Crippen LogP contribution in [-0.4, -0.2) is 23.3 Å². The number of nitrogen functional groups attached to an aromatic ring is 1. The maximum absolute atomic E-state index is 14.8. The van der Waals surface area contributed by atoms with E-state index in [2.05, 4.69) is 15.6 Å². The molecule has 1 saturated heterocycles. The van der Waals surface area contributed by atoms with Crippen LogP contribution in [0.3, 0.4) is 0 Å². The molecule has 0 aliphatic carbocycles. The number of hydrogen-bond donors (Lipinski definition) is 3. The van der Waals surface area contributed by atoms with Crippen molar-refractivity contribution in [3.05, 3.63) is 82.3 Å². The Balaban J connectivity index is 1.52. The molecule has 4 N–H and O–H groups in total. The van der Waals surface area contributed by atoms with Crippen LogP contribution in [0.1, 0.15) is 40.2 Å². The van der Waals surface area contributed by atoms with Crippen LogP contribution in [0.25, 0.3) is 11.1 Å². The second kappa shape index (κ2) is 9.36. The summed E-state index contributed by atoms with van der Waals surface area (Å²) in [4.78, 5) is 28.2. The van der Waals surface area contributed by atoms with Gasteiger partial charge in [-0.2, -0.15) is 0 Å². The Morgan fingerprint density at radius 3 is 2.81 bits per heavy atom. The largest absolute Gasteiger partial charge is 0.383 e. The number of nitrogens with two attached hydrogens (primary N) is 1. The molecule has 1 aliphatic heterocycles. The highest BCUT2D eigenvalue weighted by Crippen LogP contribution is 2.31. The first kappa shape index (κ1) is 21.8. The Morgan fingerprint density at radius 2 is 2.09 bits per heavy atom. The molecule has 164 valence electrons. The third kappa shape index (κ3) is 4.89. The molecule has 8 heteroatoms. The van der Waals surface area contributed by atoms with E-state index in [0.29, 0.717) is 29.1 Å². The van der Waals surface area contributed by atoms with Crippen LogP contribution in [0.5, 0.6) is 0 Å². The second-order valence-electron chi connectivity index (χ2n) is 7.75. The van der Waals surface area contributed by atoms with Gasteiger partial charge in [-0.1, -0.05) is 29.8 Å². The van der Waals surface area contributed by atoms with Gasteiger partial charge < -0.3 is 16.4 Å². The predicted molar refractivity (Wildman–Crippen MR) is 122 cm³/mol. The van der Waals surface area contributed by atoms with Crippen molar-refractivity contribution in [2.24, 2.45) is 0 Å². The van der Waals surface area contributed by atoms with E-state index in [1.54, 1.807) is 30.5 Å². The average Bonchev–Trinajstić information content (AvgIpc) is 2.78. The topological polar surface area (TPSA) is 97.1 Å². The van der Waals surface area contributed by atoms with Gasteiger partial charge in [0, 0.05) is 42.2 Å². The van der Waals surface area contributed by atoms with Crippen LogP contribution < -0.4 is 16.4 Å². The summed E-state index contributed by atoms with van der Waals surface area (Å²) >= 11 is 5.95. The molecule has 1 atom stereocenters. The van der Waals surface area contributed by atoms with Crippen LogP contribution in [0.15, 0.2) is 54.7 Å². The first-order chi connectivity index (χ1) is 15.4. The van der Waals surface area contributed by atoms with Gasteiger partial charge in [0.05, 0.1) is 5.56 Å². The number of benzene rings is 2. The third-order valence-electron chi connectivity index (χ3n) is 5.54. The molecule has 1 aromatic heterocycles. The van der Waals surface area contributed by atoms with Gasteiger partial charge in [-0.25, -0.2) is 9.37 Å². The minimum Gasteiger partial charge on any atom is -0.383 e. The van der Waals surface area contributed by atoms with Gasteiger partial charge in [0.1, 0.15) is 11.6 Å². The van der Waals surface area contributed by atoms with Gasteiger partial charge >= 0.3 is 0 Å². The van der Waals surface area contributed by atoms with Gasteiger partial charge in [-0.3, -0.25) is 9.59 Å². The number of carbonyl (C=O) groups excluding carboxylic acids is 2. The minimum atomic E-state index is -0.652. The number of nitrogens with one attached hydrogen (secondary N) is 2. The van der Waals surface area contributed by atoms with E-state index in [1.165, 1.54) is 12.1 Å². The average molecular weight is 453 g/mol.